The molecule has 4 nitrogen and oxygen atoms in total. The third-order valence-electron chi connectivity index (χ3n) is 3.59. The first kappa shape index (κ1) is 11.9. The van der Waals surface area contributed by atoms with Gasteiger partial charge in [0.15, 0.2) is 0 Å². The Morgan fingerprint density at radius 2 is 2.06 bits per heavy atom. The summed E-state index contributed by atoms with van der Waals surface area (Å²) in [7, 11) is 0. The second-order valence-corrected chi connectivity index (χ2v) is 5.15. The highest BCUT2D eigenvalue weighted by Crippen LogP contribution is 2.32. The van der Waals surface area contributed by atoms with Gasteiger partial charge in [-0.05, 0) is 25.0 Å². The molecule has 0 bridgehead atoms. The van der Waals surface area contributed by atoms with E-state index in [1.165, 1.54) is 0 Å². The number of nitrogen functional groups attached to an aromatic ring is 1. The summed E-state index contributed by atoms with van der Waals surface area (Å²) in [5, 5.41) is 1.58. The summed E-state index contributed by atoms with van der Waals surface area (Å²) in [5.41, 5.74) is 10.3. The van der Waals surface area contributed by atoms with Crippen molar-refractivity contribution in [3.05, 3.63) is 24.3 Å². The second-order valence-electron chi connectivity index (χ2n) is 5.15. The fraction of sp³-hybridized carbons (Fsp3) is 0.462. The van der Waals surface area contributed by atoms with Crippen molar-refractivity contribution < 1.29 is 4.79 Å². The highest BCUT2D eigenvalue weighted by molar-refractivity contribution is 5.98. The quantitative estimate of drug-likeness (QED) is 0.767. The van der Waals surface area contributed by atoms with Gasteiger partial charge < -0.3 is 5.73 Å². The van der Waals surface area contributed by atoms with Gasteiger partial charge in [-0.25, -0.2) is 10.4 Å². The minimum Gasteiger partial charge on any atom is -0.397 e. The molecule has 1 saturated heterocycles. The standard InChI is InChI=1S/C13H19N3O/c1-9(2)13(3)8-12(17)16(15-13)11-7-5-4-6-10(11)14/h4-7,9,15H,8,14H2,1-3H3. The van der Waals surface area contributed by atoms with Crippen LogP contribution in [-0.4, -0.2) is 11.4 Å². The third-order valence-corrected chi connectivity index (χ3v) is 3.59. The molecule has 92 valence electrons. The van der Waals surface area contributed by atoms with Crippen molar-refractivity contribution in [3.63, 3.8) is 0 Å². The maximum atomic E-state index is 12.1. The van der Waals surface area contributed by atoms with E-state index in [1.807, 2.05) is 18.2 Å². The van der Waals surface area contributed by atoms with Crippen molar-refractivity contribution in [3.8, 4) is 0 Å². The van der Waals surface area contributed by atoms with E-state index < -0.39 is 0 Å². The highest BCUT2D eigenvalue weighted by Gasteiger charge is 2.42. The Bertz CT molecular complexity index is 444. The Labute approximate surface area is 102 Å². The molecule has 0 radical (unpaired) electrons. The molecule has 1 fully saturated rings. The molecule has 1 heterocycles. The van der Waals surface area contributed by atoms with Crippen LogP contribution in [-0.2, 0) is 4.79 Å². The molecule has 2 rings (SSSR count). The highest BCUT2D eigenvalue weighted by atomic mass is 16.2. The van der Waals surface area contributed by atoms with E-state index in [-0.39, 0.29) is 11.4 Å². The van der Waals surface area contributed by atoms with E-state index in [9.17, 15) is 4.79 Å². The third kappa shape index (κ3) is 2.00. The topological polar surface area (TPSA) is 58.4 Å². The monoisotopic (exact) mass is 233 g/mol. The number of benzene rings is 1. The van der Waals surface area contributed by atoms with E-state index in [4.69, 9.17) is 5.73 Å². The van der Waals surface area contributed by atoms with Crippen molar-refractivity contribution in [2.24, 2.45) is 5.92 Å². The summed E-state index contributed by atoms with van der Waals surface area (Å²) in [6, 6.07) is 7.40. The molecular formula is C13H19N3O. The van der Waals surface area contributed by atoms with Crippen LogP contribution in [0.15, 0.2) is 24.3 Å². The van der Waals surface area contributed by atoms with Gasteiger partial charge in [0, 0.05) is 12.0 Å². The van der Waals surface area contributed by atoms with E-state index >= 15 is 0 Å². The molecule has 17 heavy (non-hydrogen) atoms. The maximum absolute atomic E-state index is 12.1. The fourth-order valence-electron chi connectivity index (χ4n) is 1.97. The number of carbonyl (C=O) groups is 1. The van der Waals surface area contributed by atoms with Gasteiger partial charge in [0.2, 0.25) is 5.91 Å². The predicted octanol–water partition coefficient (Wildman–Crippen LogP) is 1.92. The lowest BCUT2D eigenvalue weighted by Gasteiger charge is -2.29. The van der Waals surface area contributed by atoms with E-state index in [1.54, 1.807) is 11.1 Å². The molecule has 0 aromatic heterocycles. The number of hydrogen-bond donors (Lipinski definition) is 2. The first-order chi connectivity index (χ1) is 7.94. The van der Waals surface area contributed by atoms with Crippen LogP contribution in [0.5, 0.6) is 0 Å². The lowest BCUT2D eigenvalue weighted by atomic mass is 9.87. The van der Waals surface area contributed by atoms with Crippen molar-refractivity contribution in [1.82, 2.24) is 5.43 Å². The molecule has 4 heteroatoms. The van der Waals surface area contributed by atoms with E-state index in [0.29, 0.717) is 18.0 Å². The lowest BCUT2D eigenvalue weighted by Crippen LogP contribution is -2.47. The van der Waals surface area contributed by atoms with Crippen LogP contribution in [0, 0.1) is 5.92 Å². The van der Waals surface area contributed by atoms with Gasteiger partial charge in [-0.2, -0.15) is 0 Å². The number of carbonyl (C=O) groups excluding carboxylic acids is 1. The Balaban J connectivity index is 2.31. The predicted molar refractivity (Wildman–Crippen MR) is 69.3 cm³/mol. The van der Waals surface area contributed by atoms with Crippen LogP contribution in [0.1, 0.15) is 27.2 Å². The van der Waals surface area contributed by atoms with Crippen LogP contribution >= 0.6 is 0 Å². The normalized spacial score (nSPS) is 24.7. The number of hydrazine groups is 1. The molecule has 1 amide bonds. The van der Waals surface area contributed by atoms with Crippen LogP contribution in [0.2, 0.25) is 0 Å². The molecule has 1 aromatic carbocycles. The van der Waals surface area contributed by atoms with E-state index in [0.717, 1.165) is 5.69 Å². The second kappa shape index (κ2) is 4.04. The number of rotatable bonds is 2. The Morgan fingerprint density at radius 1 is 1.41 bits per heavy atom. The molecule has 1 aromatic rings. The van der Waals surface area contributed by atoms with Crippen molar-refractivity contribution in [2.75, 3.05) is 10.7 Å². The molecule has 1 unspecified atom stereocenters. The lowest BCUT2D eigenvalue weighted by molar-refractivity contribution is -0.117. The van der Waals surface area contributed by atoms with Crippen LogP contribution < -0.4 is 16.2 Å². The molecule has 1 aliphatic heterocycles. The Hall–Kier alpha value is -1.55. The number of nitrogens with two attached hydrogens (primary N) is 1. The minimum absolute atomic E-state index is 0.0686. The average molecular weight is 233 g/mol. The van der Waals surface area contributed by atoms with Crippen LogP contribution in [0.25, 0.3) is 0 Å². The summed E-state index contributed by atoms with van der Waals surface area (Å²) in [6.45, 7) is 6.28. The first-order valence-corrected chi connectivity index (χ1v) is 5.89. The van der Waals surface area contributed by atoms with Crippen LogP contribution in [0.4, 0.5) is 11.4 Å². The van der Waals surface area contributed by atoms with Gasteiger partial charge in [0.25, 0.3) is 0 Å². The van der Waals surface area contributed by atoms with Gasteiger partial charge in [-0.3, -0.25) is 4.79 Å². The smallest absolute Gasteiger partial charge is 0.243 e. The first-order valence-electron chi connectivity index (χ1n) is 5.89. The molecule has 3 N–H and O–H groups in total. The summed E-state index contributed by atoms with van der Waals surface area (Å²) in [6.07, 6.45) is 0.499. The molecule has 0 spiro atoms. The number of para-hydroxylation sites is 2. The van der Waals surface area contributed by atoms with Crippen molar-refractivity contribution >= 4 is 17.3 Å². The van der Waals surface area contributed by atoms with Gasteiger partial charge in [0.1, 0.15) is 0 Å². The number of hydrogen-bond acceptors (Lipinski definition) is 3. The van der Waals surface area contributed by atoms with Gasteiger partial charge in [0.05, 0.1) is 11.4 Å². The van der Waals surface area contributed by atoms with Crippen LogP contribution in [0.3, 0.4) is 0 Å². The average Bonchev–Trinajstić information content (AvgIpc) is 2.56. The minimum atomic E-state index is -0.195. The molecule has 1 atom stereocenters. The Kier molecular flexibility index (Phi) is 2.83. The number of nitrogens with zero attached hydrogens (tertiary/aromatic N) is 1. The molecule has 0 saturated carbocycles. The zero-order valence-electron chi connectivity index (χ0n) is 10.5. The molecule has 0 aliphatic carbocycles. The maximum Gasteiger partial charge on any atom is 0.243 e. The SMILES string of the molecule is CC(C)C1(C)CC(=O)N(c2ccccc2N)N1. The molecular weight excluding hydrogens is 214 g/mol. The number of anilines is 2. The van der Waals surface area contributed by atoms with Crippen molar-refractivity contribution in [2.45, 2.75) is 32.7 Å². The summed E-state index contributed by atoms with van der Waals surface area (Å²) in [5.74, 6) is 0.445. The number of amides is 1. The largest absolute Gasteiger partial charge is 0.397 e. The summed E-state index contributed by atoms with van der Waals surface area (Å²) >= 11 is 0. The van der Waals surface area contributed by atoms with E-state index in [2.05, 4.69) is 26.2 Å². The zero-order chi connectivity index (χ0) is 12.6. The fourth-order valence-corrected chi connectivity index (χ4v) is 1.97. The van der Waals surface area contributed by atoms with Gasteiger partial charge in [-0.15, -0.1) is 0 Å². The van der Waals surface area contributed by atoms with Gasteiger partial charge in [-0.1, -0.05) is 26.0 Å². The summed E-state index contributed by atoms with van der Waals surface area (Å²) in [4.78, 5) is 12.1. The Morgan fingerprint density at radius 3 is 2.59 bits per heavy atom. The zero-order valence-corrected chi connectivity index (χ0v) is 10.5. The summed E-state index contributed by atoms with van der Waals surface area (Å²) < 4.78 is 0. The number of nitrogens with one attached hydrogen (secondary N) is 1. The van der Waals surface area contributed by atoms with Crippen molar-refractivity contribution in [1.29, 1.82) is 0 Å². The van der Waals surface area contributed by atoms with Gasteiger partial charge >= 0.3 is 0 Å². The molecule has 1 aliphatic rings.